The number of morpholine rings is 1. The maximum absolute atomic E-state index is 13.0. The van der Waals surface area contributed by atoms with E-state index in [1.165, 1.54) is 0 Å². The molecule has 4 rings (SSSR count). The number of carbonyl (C=O) groups excluding carboxylic acids is 2. The Morgan fingerprint density at radius 1 is 1.19 bits per heavy atom. The number of nitrogens with one attached hydrogen (secondary N) is 1. The van der Waals surface area contributed by atoms with Crippen LogP contribution in [0.1, 0.15) is 28.7 Å². The normalized spacial score (nSPS) is 14.1. The minimum absolute atomic E-state index is 0.0427. The molecule has 0 radical (unpaired) electrons. The first-order valence-electron chi connectivity index (χ1n) is 10.5. The van der Waals surface area contributed by atoms with Crippen molar-refractivity contribution in [2.75, 3.05) is 32.9 Å². The average Bonchev–Trinajstić information content (AvgIpc) is 3.41. The first-order chi connectivity index (χ1) is 15.1. The Morgan fingerprint density at radius 2 is 2.00 bits per heavy atom. The molecule has 0 spiro atoms. The number of ether oxygens (including phenoxy) is 2. The summed E-state index contributed by atoms with van der Waals surface area (Å²) in [4.78, 5) is 27.1. The molecule has 1 aromatic carbocycles. The second kappa shape index (κ2) is 9.26. The zero-order chi connectivity index (χ0) is 21.8. The van der Waals surface area contributed by atoms with Gasteiger partial charge in [0.25, 0.3) is 11.8 Å². The Morgan fingerprint density at radius 3 is 2.71 bits per heavy atom. The molecule has 0 bridgehead atoms. The van der Waals surface area contributed by atoms with E-state index >= 15 is 0 Å². The molecule has 3 heterocycles. The summed E-state index contributed by atoms with van der Waals surface area (Å²) in [6, 6.07) is 9.22. The molecule has 0 unspecified atom stereocenters. The zero-order valence-electron chi connectivity index (χ0n) is 17.8. The quantitative estimate of drug-likeness (QED) is 0.629. The fourth-order valence-electron chi connectivity index (χ4n) is 3.96. The van der Waals surface area contributed by atoms with Crippen LogP contribution in [-0.2, 0) is 22.6 Å². The number of hydrogen-bond donors (Lipinski definition) is 1. The maximum Gasteiger partial charge on any atom is 0.260 e. The van der Waals surface area contributed by atoms with Crippen molar-refractivity contribution in [2.45, 2.75) is 26.9 Å². The summed E-state index contributed by atoms with van der Waals surface area (Å²) in [6.07, 6.45) is 1.58. The van der Waals surface area contributed by atoms with E-state index in [1.54, 1.807) is 17.2 Å². The van der Waals surface area contributed by atoms with Gasteiger partial charge >= 0.3 is 0 Å². The molecule has 1 aliphatic heterocycles. The lowest BCUT2D eigenvalue weighted by molar-refractivity contribution is -0.137. The predicted molar refractivity (Wildman–Crippen MR) is 115 cm³/mol. The van der Waals surface area contributed by atoms with E-state index in [1.807, 2.05) is 38.1 Å². The molecular formula is C23H27N3O5. The molecule has 1 aliphatic rings. The lowest BCUT2D eigenvalue weighted by Gasteiger charge is -2.26. The third kappa shape index (κ3) is 4.44. The van der Waals surface area contributed by atoms with Crippen molar-refractivity contribution in [1.29, 1.82) is 0 Å². The van der Waals surface area contributed by atoms with Crippen LogP contribution in [0.4, 0.5) is 0 Å². The number of carbonyl (C=O) groups is 2. The van der Waals surface area contributed by atoms with E-state index in [2.05, 4.69) is 9.88 Å². The van der Waals surface area contributed by atoms with Crippen molar-refractivity contribution in [3.63, 3.8) is 0 Å². The Labute approximate surface area is 180 Å². The van der Waals surface area contributed by atoms with Gasteiger partial charge in [0.15, 0.2) is 6.61 Å². The molecule has 0 aliphatic carbocycles. The van der Waals surface area contributed by atoms with Crippen LogP contribution >= 0.6 is 0 Å². The average molecular weight is 425 g/mol. The molecule has 1 N–H and O–H groups in total. The summed E-state index contributed by atoms with van der Waals surface area (Å²) in [5, 5.41) is 3.72. The molecule has 8 nitrogen and oxygen atoms in total. The van der Waals surface area contributed by atoms with E-state index in [9.17, 15) is 9.59 Å². The lowest BCUT2D eigenvalue weighted by atomic mass is 10.1. The van der Waals surface area contributed by atoms with Crippen molar-refractivity contribution >= 4 is 22.7 Å². The fourth-order valence-corrected chi connectivity index (χ4v) is 3.96. The minimum Gasteiger partial charge on any atom is -0.484 e. The molecule has 0 saturated carbocycles. The van der Waals surface area contributed by atoms with Crippen LogP contribution in [0.3, 0.4) is 0 Å². The first-order valence-corrected chi connectivity index (χ1v) is 10.5. The fraction of sp³-hybridized carbons (Fsp3) is 0.391. The van der Waals surface area contributed by atoms with Gasteiger partial charge in [0.1, 0.15) is 11.5 Å². The third-order valence-electron chi connectivity index (χ3n) is 5.57. The number of nitrogens with zero attached hydrogens (tertiary/aromatic N) is 2. The van der Waals surface area contributed by atoms with Crippen molar-refractivity contribution < 1.29 is 23.5 Å². The van der Waals surface area contributed by atoms with Gasteiger partial charge in [-0.3, -0.25) is 9.59 Å². The van der Waals surface area contributed by atoms with E-state index in [-0.39, 0.29) is 18.4 Å². The van der Waals surface area contributed by atoms with E-state index in [0.717, 1.165) is 23.1 Å². The summed E-state index contributed by atoms with van der Waals surface area (Å²) < 4.78 is 18.5. The molecule has 8 heteroatoms. The minimum atomic E-state index is -0.173. The second-order valence-corrected chi connectivity index (χ2v) is 7.43. The van der Waals surface area contributed by atoms with Gasteiger partial charge in [-0.25, -0.2) is 0 Å². The highest BCUT2D eigenvalue weighted by atomic mass is 16.5. The summed E-state index contributed by atoms with van der Waals surface area (Å²) in [6.45, 7) is 7.27. The van der Waals surface area contributed by atoms with Crippen molar-refractivity contribution in [2.24, 2.45) is 0 Å². The highest BCUT2D eigenvalue weighted by Crippen LogP contribution is 2.29. The molecule has 3 aromatic rings. The molecule has 164 valence electrons. The van der Waals surface area contributed by atoms with Crippen LogP contribution in [-0.4, -0.2) is 54.2 Å². The number of amides is 2. The van der Waals surface area contributed by atoms with E-state index in [0.29, 0.717) is 49.9 Å². The van der Waals surface area contributed by atoms with Crippen LogP contribution < -0.4 is 10.1 Å². The highest BCUT2D eigenvalue weighted by molar-refractivity contribution is 6.08. The highest BCUT2D eigenvalue weighted by Gasteiger charge is 2.21. The van der Waals surface area contributed by atoms with Crippen molar-refractivity contribution in [3.05, 3.63) is 53.6 Å². The third-order valence-corrected chi connectivity index (χ3v) is 5.57. The summed E-state index contributed by atoms with van der Waals surface area (Å²) >= 11 is 0. The van der Waals surface area contributed by atoms with E-state index < -0.39 is 0 Å². The SMILES string of the molecule is CCn1c(C)c(C(=O)NCc2ccco2)c2cc(OCC(=O)N3CCOCC3)ccc21. The van der Waals surface area contributed by atoms with Gasteiger partial charge in [0, 0.05) is 36.2 Å². The summed E-state index contributed by atoms with van der Waals surface area (Å²) in [5.41, 5.74) is 2.44. The van der Waals surface area contributed by atoms with Crippen LogP contribution in [0.15, 0.2) is 41.0 Å². The number of furan rings is 1. The van der Waals surface area contributed by atoms with Crippen LogP contribution in [0.2, 0.25) is 0 Å². The topological polar surface area (TPSA) is 85.9 Å². The first kappa shape index (κ1) is 21.0. The Balaban J connectivity index is 1.54. The Kier molecular flexibility index (Phi) is 6.27. The number of rotatable bonds is 7. The van der Waals surface area contributed by atoms with Gasteiger partial charge in [-0.2, -0.15) is 0 Å². The smallest absolute Gasteiger partial charge is 0.260 e. The number of fused-ring (bicyclic) bond motifs is 1. The lowest BCUT2D eigenvalue weighted by Crippen LogP contribution is -2.42. The van der Waals surface area contributed by atoms with Crippen molar-refractivity contribution in [3.8, 4) is 5.75 Å². The number of hydrogen-bond acceptors (Lipinski definition) is 5. The number of aryl methyl sites for hydroxylation is 1. The second-order valence-electron chi connectivity index (χ2n) is 7.43. The van der Waals surface area contributed by atoms with Crippen LogP contribution in [0.5, 0.6) is 5.75 Å². The number of aromatic nitrogens is 1. The molecule has 2 amide bonds. The zero-order valence-corrected chi connectivity index (χ0v) is 17.8. The van der Waals surface area contributed by atoms with Gasteiger partial charge in [-0.15, -0.1) is 0 Å². The summed E-state index contributed by atoms with van der Waals surface area (Å²) in [5.74, 6) is 1.01. The van der Waals surface area contributed by atoms with Crippen LogP contribution in [0.25, 0.3) is 10.9 Å². The van der Waals surface area contributed by atoms with Gasteiger partial charge < -0.3 is 28.7 Å². The molecule has 0 atom stereocenters. The largest absolute Gasteiger partial charge is 0.484 e. The molecule has 1 saturated heterocycles. The molecule has 2 aromatic heterocycles. The summed E-state index contributed by atoms with van der Waals surface area (Å²) in [7, 11) is 0. The van der Waals surface area contributed by atoms with Gasteiger partial charge in [0.05, 0.1) is 31.6 Å². The van der Waals surface area contributed by atoms with Crippen molar-refractivity contribution in [1.82, 2.24) is 14.8 Å². The van der Waals surface area contributed by atoms with Gasteiger partial charge in [0.2, 0.25) is 0 Å². The van der Waals surface area contributed by atoms with Gasteiger partial charge in [-0.05, 0) is 44.2 Å². The van der Waals surface area contributed by atoms with Crippen LogP contribution in [0, 0.1) is 6.92 Å². The van der Waals surface area contributed by atoms with Gasteiger partial charge in [-0.1, -0.05) is 0 Å². The number of benzene rings is 1. The molecular weight excluding hydrogens is 398 g/mol. The monoisotopic (exact) mass is 425 g/mol. The predicted octanol–water partition coefficient (Wildman–Crippen LogP) is 2.73. The standard InChI is InChI=1S/C23H27N3O5/c1-3-26-16(2)22(23(28)24-14-18-5-4-10-30-18)19-13-17(6-7-20(19)26)31-15-21(27)25-8-11-29-12-9-25/h4-7,10,13H,3,8-9,11-12,14-15H2,1-2H3,(H,24,28). The Bertz CT molecular complexity index is 1060. The molecule has 1 fully saturated rings. The Hall–Kier alpha value is -3.26. The van der Waals surface area contributed by atoms with E-state index in [4.69, 9.17) is 13.9 Å². The maximum atomic E-state index is 13.0. The molecule has 31 heavy (non-hydrogen) atoms.